The van der Waals surface area contributed by atoms with E-state index in [1.165, 1.54) is 5.56 Å². The molecule has 80 valence electrons. The van der Waals surface area contributed by atoms with E-state index in [1.807, 2.05) is 31.2 Å². The van der Waals surface area contributed by atoms with Gasteiger partial charge in [-0.3, -0.25) is 4.79 Å². The summed E-state index contributed by atoms with van der Waals surface area (Å²) in [5, 5.41) is 3.19. The summed E-state index contributed by atoms with van der Waals surface area (Å²) in [6.45, 7) is 2.04. The highest BCUT2D eigenvalue weighted by Gasteiger charge is 2.34. The first-order valence-corrected chi connectivity index (χ1v) is 5.29. The van der Waals surface area contributed by atoms with Crippen molar-refractivity contribution < 1.29 is 4.79 Å². The Kier molecular flexibility index (Phi) is 2.62. The van der Waals surface area contributed by atoms with E-state index < -0.39 is 0 Å². The molecule has 1 aromatic rings. The number of nitrogens with two attached hydrogens (primary N) is 1. The summed E-state index contributed by atoms with van der Waals surface area (Å²) >= 11 is 0. The number of carbonyl (C=O) groups is 1. The van der Waals surface area contributed by atoms with Gasteiger partial charge in [-0.1, -0.05) is 17.7 Å². The molecule has 0 heterocycles. The molecule has 1 atom stereocenters. The smallest absolute Gasteiger partial charge is 0.240 e. The van der Waals surface area contributed by atoms with E-state index in [-0.39, 0.29) is 11.9 Å². The first-order chi connectivity index (χ1) is 7.16. The van der Waals surface area contributed by atoms with Gasteiger partial charge in [0.1, 0.15) is 6.04 Å². The third-order valence-electron chi connectivity index (χ3n) is 2.77. The van der Waals surface area contributed by atoms with E-state index in [0.717, 1.165) is 18.5 Å². The van der Waals surface area contributed by atoms with E-state index in [4.69, 9.17) is 5.73 Å². The van der Waals surface area contributed by atoms with Crippen LogP contribution in [-0.4, -0.2) is 11.9 Å². The zero-order valence-corrected chi connectivity index (χ0v) is 8.86. The van der Waals surface area contributed by atoms with Crippen molar-refractivity contribution in [2.75, 3.05) is 5.32 Å². The lowest BCUT2D eigenvalue weighted by Crippen LogP contribution is -2.37. The summed E-state index contributed by atoms with van der Waals surface area (Å²) in [7, 11) is 0. The summed E-state index contributed by atoms with van der Waals surface area (Å²) in [6.07, 6.45) is 2.21. The van der Waals surface area contributed by atoms with Crippen LogP contribution >= 0.6 is 0 Å². The molecule has 0 aromatic heterocycles. The SMILES string of the molecule is Cc1ccc(NC(C(N)=O)C2CC2)cc1. The van der Waals surface area contributed by atoms with Crippen molar-refractivity contribution in [3.63, 3.8) is 0 Å². The molecule has 1 aliphatic carbocycles. The van der Waals surface area contributed by atoms with Gasteiger partial charge in [0.15, 0.2) is 0 Å². The minimum Gasteiger partial charge on any atom is -0.373 e. The maximum Gasteiger partial charge on any atom is 0.240 e. The molecule has 15 heavy (non-hydrogen) atoms. The second-order valence-corrected chi connectivity index (χ2v) is 4.23. The van der Waals surface area contributed by atoms with Crippen molar-refractivity contribution >= 4 is 11.6 Å². The number of nitrogens with one attached hydrogen (secondary N) is 1. The minimum atomic E-state index is -0.252. The minimum absolute atomic E-state index is 0.201. The highest BCUT2D eigenvalue weighted by molar-refractivity contribution is 5.83. The van der Waals surface area contributed by atoms with Crippen LogP contribution in [-0.2, 0) is 4.79 Å². The number of rotatable bonds is 4. The van der Waals surface area contributed by atoms with E-state index >= 15 is 0 Å². The van der Waals surface area contributed by atoms with Gasteiger partial charge in [-0.25, -0.2) is 0 Å². The number of hydrogen-bond acceptors (Lipinski definition) is 2. The molecule has 1 saturated carbocycles. The molecule has 0 spiro atoms. The van der Waals surface area contributed by atoms with Crippen LogP contribution in [0, 0.1) is 12.8 Å². The second kappa shape index (κ2) is 3.93. The van der Waals surface area contributed by atoms with Crippen LogP contribution in [0.5, 0.6) is 0 Å². The Labute approximate surface area is 89.7 Å². The molecule has 3 heteroatoms. The van der Waals surface area contributed by atoms with Gasteiger partial charge in [0, 0.05) is 5.69 Å². The monoisotopic (exact) mass is 204 g/mol. The van der Waals surface area contributed by atoms with Crippen LogP contribution < -0.4 is 11.1 Å². The van der Waals surface area contributed by atoms with Crippen LogP contribution in [0.15, 0.2) is 24.3 Å². The Morgan fingerprint density at radius 3 is 2.47 bits per heavy atom. The summed E-state index contributed by atoms with van der Waals surface area (Å²) in [5.41, 5.74) is 7.53. The number of hydrogen-bond donors (Lipinski definition) is 2. The molecule has 2 rings (SSSR count). The first kappa shape index (κ1) is 10.0. The maximum atomic E-state index is 11.2. The van der Waals surface area contributed by atoms with Gasteiger partial charge in [-0.15, -0.1) is 0 Å². The molecule has 1 aromatic carbocycles. The Morgan fingerprint density at radius 1 is 1.40 bits per heavy atom. The predicted octanol–water partition coefficient (Wildman–Crippen LogP) is 1.67. The molecule has 1 fully saturated rings. The van der Waals surface area contributed by atoms with Crippen molar-refractivity contribution in [3.8, 4) is 0 Å². The highest BCUT2D eigenvalue weighted by atomic mass is 16.1. The number of amides is 1. The predicted molar refractivity (Wildman–Crippen MR) is 60.5 cm³/mol. The molecule has 0 bridgehead atoms. The fourth-order valence-electron chi connectivity index (χ4n) is 1.68. The third kappa shape index (κ3) is 2.49. The van der Waals surface area contributed by atoms with Gasteiger partial charge in [-0.05, 0) is 37.8 Å². The topological polar surface area (TPSA) is 55.1 Å². The van der Waals surface area contributed by atoms with E-state index in [1.54, 1.807) is 0 Å². The summed E-state index contributed by atoms with van der Waals surface area (Å²) < 4.78 is 0. The Hall–Kier alpha value is -1.51. The van der Waals surface area contributed by atoms with E-state index in [9.17, 15) is 4.79 Å². The number of anilines is 1. The Morgan fingerprint density at radius 2 is 2.00 bits per heavy atom. The molecule has 3 N–H and O–H groups in total. The van der Waals surface area contributed by atoms with Crippen molar-refractivity contribution in [3.05, 3.63) is 29.8 Å². The van der Waals surface area contributed by atoms with Gasteiger partial charge in [0.05, 0.1) is 0 Å². The van der Waals surface area contributed by atoms with Crippen LogP contribution in [0.3, 0.4) is 0 Å². The zero-order chi connectivity index (χ0) is 10.8. The molecule has 0 saturated heterocycles. The fourth-order valence-corrected chi connectivity index (χ4v) is 1.68. The van der Waals surface area contributed by atoms with Crippen LogP contribution in [0.2, 0.25) is 0 Å². The van der Waals surface area contributed by atoms with Crippen molar-refractivity contribution in [1.82, 2.24) is 0 Å². The van der Waals surface area contributed by atoms with Gasteiger partial charge >= 0.3 is 0 Å². The fraction of sp³-hybridized carbons (Fsp3) is 0.417. The zero-order valence-electron chi connectivity index (χ0n) is 8.86. The van der Waals surface area contributed by atoms with Gasteiger partial charge < -0.3 is 11.1 Å². The maximum absolute atomic E-state index is 11.2. The van der Waals surface area contributed by atoms with Crippen molar-refractivity contribution in [1.29, 1.82) is 0 Å². The molecule has 1 amide bonds. The lowest BCUT2D eigenvalue weighted by atomic mass is 10.1. The molecule has 0 aliphatic heterocycles. The highest BCUT2D eigenvalue weighted by Crippen LogP contribution is 2.34. The van der Waals surface area contributed by atoms with Gasteiger partial charge in [0.25, 0.3) is 0 Å². The largest absolute Gasteiger partial charge is 0.373 e. The molecule has 1 unspecified atom stereocenters. The quantitative estimate of drug-likeness (QED) is 0.783. The van der Waals surface area contributed by atoms with Crippen molar-refractivity contribution in [2.24, 2.45) is 11.7 Å². The molecular weight excluding hydrogens is 188 g/mol. The number of carbonyl (C=O) groups excluding carboxylic acids is 1. The molecule has 3 nitrogen and oxygen atoms in total. The lowest BCUT2D eigenvalue weighted by molar-refractivity contribution is -0.119. The summed E-state index contributed by atoms with van der Waals surface area (Å²) in [6, 6.07) is 7.80. The molecule has 0 radical (unpaired) electrons. The van der Waals surface area contributed by atoms with Gasteiger partial charge in [0.2, 0.25) is 5.91 Å². The Balaban J connectivity index is 2.05. The second-order valence-electron chi connectivity index (χ2n) is 4.23. The number of benzene rings is 1. The van der Waals surface area contributed by atoms with Gasteiger partial charge in [-0.2, -0.15) is 0 Å². The van der Waals surface area contributed by atoms with Crippen LogP contribution in [0.1, 0.15) is 18.4 Å². The lowest BCUT2D eigenvalue weighted by Gasteiger charge is -2.15. The summed E-state index contributed by atoms with van der Waals surface area (Å²) in [4.78, 5) is 11.2. The average Bonchev–Trinajstić information content (AvgIpc) is 3.00. The third-order valence-corrected chi connectivity index (χ3v) is 2.77. The van der Waals surface area contributed by atoms with Crippen LogP contribution in [0.4, 0.5) is 5.69 Å². The van der Waals surface area contributed by atoms with Crippen molar-refractivity contribution in [2.45, 2.75) is 25.8 Å². The average molecular weight is 204 g/mol. The molecule has 1 aliphatic rings. The Bertz CT molecular complexity index is 354. The van der Waals surface area contributed by atoms with E-state index in [0.29, 0.717) is 5.92 Å². The summed E-state index contributed by atoms with van der Waals surface area (Å²) in [5.74, 6) is 0.182. The first-order valence-electron chi connectivity index (χ1n) is 5.29. The van der Waals surface area contributed by atoms with Crippen LogP contribution in [0.25, 0.3) is 0 Å². The normalized spacial score (nSPS) is 17.1. The number of aryl methyl sites for hydroxylation is 1. The standard InChI is InChI=1S/C12H16N2O/c1-8-2-6-10(7-3-8)14-11(12(13)15)9-4-5-9/h2-3,6-7,9,11,14H,4-5H2,1H3,(H2,13,15). The molecular formula is C12H16N2O. The number of primary amides is 1. The van der Waals surface area contributed by atoms with E-state index in [2.05, 4.69) is 5.32 Å².